The molecule has 2 heteroatoms. The Balaban J connectivity index is 2.95. The van der Waals surface area contributed by atoms with Gasteiger partial charge in [0.2, 0.25) is 0 Å². The molecule has 0 saturated carbocycles. The quantitative estimate of drug-likeness (QED) is 0.577. The van der Waals surface area contributed by atoms with Crippen molar-refractivity contribution in [2.24, 2.45) is 0 Å². The van der Waals surface area contributed by atoms with Gasteiger partial charge in [0.1, 0.15) is 5.65 Å². The van der Waals surface area contributed by atoms with Gasteiger partial charge in [0.05, 0.1) is 5.69 Å². The van der Waals surface area contributed by atoms with Crippen LogP contribution in [-0.4, -0.2) is 9.38 Å². The Bertz CT molecular complexity index is 427. The summed E-state index contributed by atoms with van der Waals surface area (Å²) >= 11 is 0. The number of aromatic nitrogens is 2. The summed E-state index contributed by atoms with van der Waals surface area (Å²) in [7, 11) is 0. The molecule has 0 spiro atoms. The zero-order valence-corrected chi connectivity index (χ0v) is 7.63. The first-order valence-corrected chi connectivity index (χ1v) is 4.11. The molecule has 0 unspecified atom stereocenters. The molecule has 0 aliphatic heterocycles. The van der Waals surface area contributed by atoms with Gasteiger partial charge in [-0.15, -0.1) is 0 Å². The van der Waals surface area contributed by atoms with Crippen molar-refractivity contribution in [2.45, 2.75) is 20.8 Å². The third-order valence-electron chi connectivity index (χ3n) is 2.32. The minimum Gasteiger partial charge on any atom is -0.304 e. The number of imidazole rings is 1. The molecule has 62 valence electrons. The normalized spacial score (nSPS) is 10.9. The van der Waals surface area contributed by atoms with Crippen LogP contribution in [0.25, 0.3) is 5.65 Å². The van der Waals surface area contributed by atoms with Crippen LogP contribution in [0.3, 0.4) is 0 Å². The SMILES string of the molecule is Cc1nc2c(C)cccn2c1C. The fourth-order valence-electron chi connectivity index (χ4n) is 1.44. The molecule has 12 heavy (non-hydrogen) atoms. The lowest BCUT2D eigenvalue weighted by Crippen LogP contribution is -1.88. The van der Waals surface area contributed by atoms with Gasteiger partial charge in [-0.05, 0) is 32.4 Å². The van der Waals surface area contributed by atoms with Crippen molar-refractivity contribution in [1.82, 2.24) is 9.38 Å². The second kappa shape index (κ2) is 2.34. The number of hydrogen-bond acceptors (Lipinski definition) is 1. The van der Waals surface area contributed by atoms with Crippen molar-refractivity contribution in [3.8, 4) is 0 Å². The van der Waals surface area contributed by atoms with Gasteiger partial charge in [0, 0.05) is 11.9 Å². The molecule has 0 fully saturated rings. The maximum atomic E-state index is 4.48. The lowest BCUT2D eigenvalue weighted by atomic mass is 10.3. The Morgan fingerprint density at radius 1 is 1.25 bits per heavy atom. The predicted molar refractivity (Wildman–Crippen MR) is 49.4 cm³/mol. The van der Waals surface area contributed by atoms with Gasteiger partial charge in [-0.25, -0.2) is 4.98 Å². The number of hydrogen-bond donors (Lipinski definition) is 0. The highest BCUT2D eigenvalue weighted by Gasteiger charge is 2.04. The second-order valence-electron chi connectivity index (χ2n) is 3.17. The molecule has 0 aliphatic rings. The molecular weight excluding hydrogens is 148 g/mol. The molecule has 2 heterocycles. The van der Waals surface area contributed by atoms with Crippen molar-refractivity contribution >= 4 is 5.65 Å². The Kier molecular flexibility index (Phi) is 1.43. The molecule has 2 rings (SSSR count). The van der Waals surface area contributed by atoms with Crippen molar-refractivity contribution in [2.75, 3.05) is 0 Å². The topological polar surface area (TPSA) is 17.3 Å². The van der Waals surface area contributed by atoms with Crippen molar-refractivity contribution in [1.29, 1.82) is 0 Å². The highest BCUT2D eigenvalue weighted by Crippen LogP contribution is 2.13. The van der Waals surface area contributed by atoms with Crippen LogP contribution in [0.15, 0.2) is 18.3 Å². The van der Waals surface area contributed by atoms with Crippen molar-refractivity contribution in [3.05, 3.63) is 35.3 Å². The highest BCUT2D eigenvalue weighted by molar-refractivity contribution is 5.49. The van der Waals surface area contributed by atoms with Gasteiger partial charge in [0.15, 0.2) is 0 Å². The number of rotatable bonds is 0. The highest BCUT2D eigenvalue weighted by atomic mass is 15.0. The average molecular weight is 160 g/mol. The molecule has 0 N–H and O–H groups in total. The molecule has 0 bridgehead atoms. The summed E-state index contributed by atoms with van der Waals surface area (Å²) in [6.07, 6.45) is 2.05. The van der Waals surface area contributed by atoms with E-state index in [1.165, 1.54) is 11.3 Å². The fourth-order valence-corrected chi connectivity index (χ4v) is 1.44. The minimum atomic E-state index is 1.08. The monoisotopic (exact) mass is 160 g/mol. The van der Waals surface area contributed by atoms with Gasteiger partial charge in [-0.3, -0.25) is 0 Å². The van der Waals surface area contributed by atoms with Crippen molar-refractivity contribution in [3.63, 3.8) is 0 Å². The molecule has 0 radical (unpaired) electrons. The number of pyridine rings is 1. The number of aryl methyl sites for hydroxylation is 3. The molecule has 0 atom stereocenters. The molecular formula is C10H12N2. The summed E-state index contributed by atoms with van der Waals surface area (Å²) in [6, 6.07) is 4.14. The van der Waals surface area contributed by atoms with Crippen LogP contribution >= 0.6 is 0 Å². The zero-order valence-electron chi connectivity index (χ0n) is 7.63. The first-order valence-electron chi connectivity index (χ1n) is 4.11. The largest absolute Gasteiger partial charge is 0.304 e. The van der Waals surface area contributed by atoms with Crippen LogP contribution in [0.2, 0.25) is 0 Å². The van der Waals surface area contributed by atoms with E-state index < -0.39 is 0 Å². The van der Waals surface area contributed by atoms with E-state index in [0.717, 1.165) is 11.3 Å². The molecule has 0 saturated heterocycles. The van der Waals surface area contributed by atoms with Crippen LogP contribution < -0.4 is 0 Å². The Morgan fingerprint density at radius 2 is 2.00 bits per heavy atom. The van der Waals surface area contributed by atoms with Crippen LogP contribution in [0.4, 0.5) is 0 Å². The van der Waals surface area contributed by atoms with E-state index in [0.29, 0.717) is 0 Å². The summed E-state index contributed by atoms with van der Waals surface area (Å²) < 4.78 is 2.13. The summed E-state index contributed by atoms with van der Waals surface area (Å²) in [5.41, 5.74) is 4.65. The molecule has 2 nitrogen and oxygen atoms in total. The van der Waals surface area contributed by atoms with Crippen LogP contribution in [0.5, 0.6) is 0 Å². The fraction of sp³-hybridized carbons (Fsp3) is 0.300. The van der Waals surface area contributed by atoms with E-state index in [1.807, 2.05) is 6.92 Å². The summed E-state index contributed by atoms with van der Waals surface area (Å²) in [5.74, 6) is 0. The van der Waals surface area contributed by atoms with E-state index in [2.05, 4.69) is 41.6 Å². The van der Waals surface area contributed by atoms with E-state index >= 15 is 0 Å². The lowest BCUT2D eigenvalue weighted by molar-refractivity contribution is 1.09. The Labute approximate surface area is 71.9 Å². The summed E-state index contributed by atoms with van der Waals surface area (Å²) in [6.45, 7) is 6.22. The molecule has 0 aliphatic carbocycles. The van der Waals surface area contributed by atoms with Gasteiger partial charge in [0.25, 0.3) is 0 Å². The summed E-state index contributed by atoms with van der Waals surface area (Å²) in [4.78, 5) is 4.48. The van der Waals surface area contributed by atoms with Gasteiger partial charge >= 0.3 is 0 Å². The lowest BCUT2D eigenvalue weighted by Gasteiger charge is -1.97. The number of nitrogens with zero attached hydrogens (tertiary/aromatic N) is 2. The van der Waals surface area contributed by atoms with E-state index in [-0.39, 0.29) is 0 Å². The predicted octanol–water partition coefficient (Wildman–Crippen LogP) is 2.26. The van der Waals surface area contributed by atoms with E-state index in [1.54, 1.807) is 0 Å². The number of fused-ring (bicyclic) bond motifs is 1. The smallest absolute Gasteiger partial charge is 0.140 e. The minimum absolute atomic E-state index is 1.08. The van der Waals surface area contributed by atoms with Crippen LogP contribution in [0.1, 0.15) is 17.0 Å². The maximum Gasteiger partial charge on any atom is 0.140 e. The maximum absolute atomic E-state index is 4.48. The van der Waals surface area contributed by atoms with Gasteiger partial charge in [-0.1, -0.05) is 6.07 Å². The van der Waals surface area contributed by atoms with Crippen molar-refractivity contribution < 1.29 is 0 Å². The van der Waals surface area contributed by atoms with Crippen LogP contribution in [-0.2, 0) is 0 Å². The summed E-state index contributed by atoms with van der Waals surface area (Å²) in [5, 5.41) is 0. The van der Waals surface area contributed by atoms with E-state index in [4.69, 9.17) is 0 Å². The Hall–Kier alpha value is -1.31. The van der Waals surface area contributed by atoms with Crippen LogP contribution in [0, 0.1) is 20.8 Å². The average Bonchev–Trinajstić information content (AvgIpc) is 2.32. The molecule has 2 aromatic rings. The Morgan fingerprint density at radius 3 is 2.67 bits per heavy atom. The zero-order chi connectivity index (χ0) is 8.72. The van der Waals surface area contributed by atoms with Gasteiger partial charge in [-0.2, -0.15) is 0 Å². The van der Waals surface area contributed by atoms with Gasteiger partial charge < -0.3 is 4.40 Å². The first kappa shape index (κ1) is 7.35. The third kappa shape index (κ3) is 0.843. The first-order chi connectivity index (χ1) is 5.70. The molecule has 0 aromatic carbocycles. The van der Waals surface area contributed by atoms with E-state index in [9.17, 15) is 0 Å². The second-order valence-corrected chi connectivity index (χ2v) is 3.17. The molecule has 0 amide bonds. The molecule has 2 aromatic heterocycles. The standard InChI is InChI=1S/C10H12N2/c1-7-5-4-6-12-9(3)8(2)11-10(7)12/h4-6H,1-3H3. The third-order valence-corrected chi connectivity index (χ3v) is 2.32.